The first-order valence-electron chi connectivity index (χ1n) is 8.59. The number of rotatable bonds is 6. The molecule has 0 spiro atoms. The topological polar surface area (TPSA) is 73.6 Å². The fourth-order valence-electron chi connectivity index (χ4n) is 2.87. The molecule has 1 fully saturated rings. The smallest absolute Gasteiger partial charge is 0.253 e. The minimum Gasteiger partial charge on any atom is -0.487 e. The molecule has 1 heterocycles. The number of carbonyl (C=O) groups excluding carboxylic acids is 1. The van der Waals surface area contributed by atoms with E-state index in [2.05, 4.69) is 5.32 Å². The van der Waals surface area contributed by atoms with E-state index in [1.165, 1.54) is 0 Å². The Hall–Kier alpha value is -2.37. The molecule has 132 valence electrons. The lowest BCUT2D eigenvalue weighted by molar-refractivity contribution is -0.126. The largest absolute Gasteiger partial charge is 0.487 e. The van der Waals surface area contributed by atoms with Crippen LogP contribution in [0.1, 0.15) is 24.0 Å². The monoisotopic (exact) mass is 340 g/mol. The molecular weight excluding hydrogens is 316 g/mol. The maximum Gasteiger partial charge on any atom is 0.253 e. The summed E-state index contributed by atoms with van der Waals surface area (Å²) in [5.74, 6) is 0.509. The Bertz CT molecular complexity index is 718. The van der Waals surface area contributed by atoms with E-state index in [0.717, 1.165) is 17.5 Å². The minimum atomic E-state index is -0.447. The number of benzene rings is 2. The van der Waals surface area contributed by atoms with Gasteiger partial charge in [-0.3, -0.25) is 4.79 Å². The van der Waals surface area contributed by atoms with Gasteiger partial charge in [0.1, 0.15) is 18.5 Å². The summed E-state index contributed by atoms with van der Waals surface area (Å²) in [6.07, 6.45) is 1.04. The highest BCUT2D eigenvalue weighted by Crippen LogP contribution is 2.28. The first kappa shape index (κ1) is 17.5. The Kier molecular flexibility index (Phi) is 5.68. The van der Waals surface area contributed by atoms with Crippen molar-refractivity contribution in [2.24, 2.45) is 5.73 Å². The van der Waals surface area contributed by atoms with E-state index in [1.54, 1.807) is 0 Å². The van der Waals surface area contributed by atoms with Crippen LogP contribution in [-0.2, 0) is 16.1 Å². The van der Waals surface area contributed by atoms with Gasteiger partial charge in [-0.25, -0.2) is 0 Å². The molecule has 5 heteroatoms. The number of amides is 1. The average molecular weight is 340 g/mol. The highest BCUT2D eigenvalue weighted by atomic mass is 16.5. The third-order valence-corrected chi connectivity index (χ3v) is 4.30. The van der Waals surface area contributed by atoms with Crippen LogP contribution in [0.4, 0.5) is 5.69 Å². The van der Waals surface area contributed by atoms with Crippen LogP contribution < -0.4 is 15.8 Å². The van der Waals surface area contributed by atoms with E-state index in [9.17, 15) is 4.79 Å². The standard InChI is InChI=1S/C20H24N2O3/c1-14-7-9-17(22-20(23)18-10-8-16(12-21)25-18)19(11-14)24-13-15-5-3-2-4-6-15/h2-7,9,11,16,18H,8,10,12-13,21H2,1H3,(H,22,23)/t16-,18+/m1/s1. The SMILES string of the molecule is Cc1ccc(NC(=O)[C@@H]2CC[C@H](CN)O2)c(OCc2ccccc2)c1. The summed E-state index contributed by atoms with van der Waals surface area (Å²) < 4.78 is 11.6. The number of hydrogen-bond acceptors (Lipinski definition) is 4. The van der Waals surface area contributed by atoms with Crippen LogP contribution in [0.5, 0.6) is 5.75 Å². The quantitative estimate of drug-likeness (QED) is 0.848. The van der Waals surface area contributed by atoms with Crippen LogP contribution >= 0.6 is 0 Å². The van der Waals surface area contributed by atoms with Gasteiger partial charge in [0.25, 0.3) is 5.91 Å². The third-order valence-electron chi connectivity index (χ3n) is 4.30. The van der Waals surface area contributed by atoms with Crippen LogP contribution in [0.2, 0.25) is 0 Å². The molecule has 1 amide bonds. The van der Waals surface area contributed by atoms with E-state index >= 15 is 0 Å². The van der Waals surface area contributed by atoms with Crippen LogP contribution in [-0.4, -0.2) is 24.7 Å². The summed E-state index contributed by atoms with van der Waals surface area (Å²) in [5, 5.41) is 2.93. The molecule has 3 rings (SSSR count). The number of carbonyl (C=O) groups is 1. The average Bonchev–Trinajstić information content (AvgIpc) is 3.12. The van der Waals surface area contributed by atoms with Crippen molar-refractivity contribution in [2.45, 2.75) is 38.6 Å². The Labute approximate surface area is 148 Å². The van der Waals surface area contributed by atoms with Gasteiger partial charge in [-0.05, 0) is 43.0 Å². The van der Waals surface area contributed by atoms with Crippen molar-refractivity contribution in [1.29, 1.82) is 0 Å². The maximum absolute atomic E-state index is 12.5. The first-order valence-corrected chi connectivity index (χ1v) is 8.59. The number of ether oxygens (including phenoxy) is 2. The Morgan fingerprint density at radius 2 is 2.04 bits per heavy atom. The van der Waals surface area contributed by atoms with Crippen LogP contribution in [0.15, 0.2) is 48.5 Å². The zero-order valence-electron chi connectivity index (χ0n) is 14.4. The van der Waals surface area contributed by atoms with Crippen molar-refractivity contribution in [3.8, 4) is 5.75 Å². The van der Waals surface area contributed by atoms with Crippen LogP contribution in [0.3, 0.4) is 0 Å². The van der Waals surface area contributed by atoms with Crippen molar-refractivity contribution in [3.05, 3.63) is 59.7 Å². The van der Waals surface area contributed by atoms with Gasteiger partial charge in [-0.2, -0.15) is 0 Å². The summed E-state index contributed by atoms with van der Waals surface area (Å²) in [6, 6.07) is 15.7. The number of anilines is 1. The molecule has 0 saturated carbocycles. The third kappa shape index (κ3) is 4.59. The molecule has 1 aliphatic rings. The van der Waals surface area contributed by atoms with E-state index in [1.807, 2.05) is 55.5 Å². The molecule has 0 aromatic heterocycles. The molecule has 0 bridgehead atoms. The molecule has 1 aliphatic heterocycles. The van der Waals surface area contributed by atoms with Gasteiger partial charge < -0.3 is 20.5 Å². The van der Waals surface area contributed by atoms with Crippen molar-refractivity contribution < 1.29 is 14.3 Å². The zero-order valence-corrected chi connectivity index (χ0v) is 14.4. The normalized spacial score (nSPS) is 19.6. The predicted molar refractivity (Wildman–Crippen MR) is 97.5 cm³/mol. The minimum absolute atomic E-state index is 0.0254. The summed E-state index contributed by atoms with van der Waals surface area (Å²) >= 11 is 0. The number of aryl methyl sites for hydroxylation is 1. The van der Waals surface area contributed by atoms with Gasteiger partial charge in [-0.15, -0.1) is 0 Å². The summed E-state index contributed by atoms with van der Waals surface area (Å²) in [5.41, 5.74) is 8.41. The molecule has 0 radical (unpaired) electrons. The number of nitrogens with two attached hydrogens (primary N) is 1. The fraction of sp³-hybridized carbons (Fsp3) is 0.350. The van der Waals surface area contributed by atoms with Crippen LogP contribution in [0.25, 0.3) is 0 Å². The van der Waals surface area contributed by atoms with E-state index < -0.39 is 6.10 Å². The summed E-state index contributed by atoms with van der Waals surface area (Å²) in [6.45, 7) is 2.88. The molecule has 1 saturated heterocycles. The second kappa shape index (κ2) is 8.14. The molecular formula is C20H24N2O3. The Morgan fingerprint density at radius 3 is 2.76 bits per heavy atom. The Balaban J connectivity index is 1.67. The van der Waals surface area contributed by atoms with Crippen LogP contribution in [0, 0.1) is 6.92 Å². The Morgan fingerprint density at radius 1 is 1.24 bits per heavy atom. The van der Waals surface area contributed by atoms with Gasteiger partial charge in [0, 0.05) is 6.54 Å². The highest BCUT2D eigenvalue weighted by Gasteiger charge is 2.30. The molecule has 5 nitrogen and oxygen atoms in total. The van der Waals surface area contributed by atoms with E-state index in [-0.39, 0.29) is 12.0 Å². The maximum atomic E-state index is 12.5. The lowest BCUT2D eigenvalue weighted by atomic mass is 10.1. The van der Waals surface area contributed by atoms with Crippen molar-refractivity contribution >= 4 is 11.6 Å². The second-order valence-corrected chi connectivity index (χ2v) is 6.32. The van der Waals surface area contributed by atoms with Gasteiger partial charge in [-0.1, -0.05) is 36.4 Å². The van der Waals surface area contributed by atoms with E-state index in [4.69, 9.17) is 15.2 Å². The zero-order chi connectivity index (χ0) is 17.6. The van der Waals surface area contributed by atoms with Crippen molar-refractivity contribution in [1.82, 2.24) is 0 Å². The lowest BCUT2D eigenvalue weighted by Crippen LogP contribution is -2.30. The fourth-order valence-corrected chi connectivity index (χ4v) is 2.87. The number of hydrogen-bond donors (Lipinski definition) is 2. The lowest BCUT2D eigenvalue weighted by Gasteiger charge is -2.16. The molecule has 2 aromatic carbocycles. The van der Waals surface area contributed by atoms with Crippen molar-refractivity contribution in [3.63, 3.8) is 0 Å². The molecule has 25 heavy (non-hydrogen) atoms. The molecule has 2 aromatic rings. The molecule has 2 atom stereocenters. The molecule has 0 aliphatic carbocycles. The second-order valence-electron chi connectivity index (χ2n) is 6.32. The highest BCUT2D eigenvalue weighted by molar-refractivity contribution is 5.95. The summed E-state index contributed by atoms with van der Waals surface area (Å²) in [4.78, 5) is 12.5. The predicted octanol–water partition coefficient (Wildman–Crippen LogP) is 3.02. The van der Waals surface area contributed by atoms with Crippen molar-refractivity contribution in [2.75, 3.05) is 11.9 Å². The van der Waals surface area contributed by atoms with Gasteiger partial charge in [0.05, 0.1) is 11.8 Å². The molecule has 0 unspecified atom stereocenters. The van der Waals surface area contributed by atoms with E-state index in [0.29, 0.717) is 31.0 Å². The first-order chi connectivity index (χ1) is 12.2. The van der Waals surface area contributed by atoms with Gasteiger partial charge in [0.15, 0.2) is 0 Å². The number of nitrogens with one attached hydrogen (secondary N) is 1. The van der Waals surface area contributed by atoms with Gasteiger partial charge >= 0.3 is 0 Å². The molecule has 3 N–H and O–H groups in total. The van der Waals surface area contributed by atoms with Gasteiger partial charge in [0.2, 0.25) is 0 Å². The summed E-state index contributed by atoms with van der Waals surface area (Å²) in [7, 11) is 0.